The molecule has 0 aliphatic carbocycles. The van der Waals surface area contributed by atoms with E-state index in [9.17, 15) is 4.79 Å². The van der Waals surface area contributed by atoms with Crippen molar-refractivity contribution in [3.05, 3.63) is 45.7 Å². The largest absolute Gasteiger partial charge is 0.469 e. The van der Waals surface area contributed by atoms with Crippen LogP contribution < -0.4 is 0 Å². The molecule has 1 atom stereocenters. The fourth-order valence-corrected chi connectivity index (χ4v) is 2.89. The Morgan fingerprint density at radius 3 is 2.60 bits per heavy atom. The van der Waals surface area contributed by atoms with E-state index in [4.69, 9.17) is 4.74 Å². The van der Waals surface area contributed by atoms with E-state index in [0.29, 0.717) is 0 Å². The number of carbonyl (C=O) groups is 1. The SMILES string of the molecule is COC(=O)C(C)c1c(C)nn(-c2ccccc2Br)c1C. The molecule has 1 aromatic heterocycles. The average Bonchev–Trinajstić information content (AvgIpc) is 2.73. The van der Waals surface area contributed by atoms with Gasteiger partial charge in [0.05, 0.1) is 24.4 Å². The molecule has 0 aliphatic rings. The number of ether oxygens (including phenoxy) is 1. The van der Waals surface area contributed by atoms with Crippen molar-refractivity contribution in [3.8, 4) is 5.69 Å². The number of para-hydroxylation sites is 1. The molecule has 0 saturated heterocycles. The first-order valence-corrected chi connectivity index (χ1v) is 7.15. The van der Waals surface area contributed by atoms with E-state index in [1.807, 2.05) is 49.7 Å². The maximum absolute atomic E-state index is 11.8. The summed E-state index contributed by atoms with van der Waals surface area (Å²) in [7, 11) is 1.40. The van der Waals surface area contributed by atoms with Gasteiger partial charge in [0.25, 0.3) is 0 Å². The lowest BCUT2D eigenvalue weighted by atomic mass is 9.99. The second-order valence-corrected chi connectivity index (χ2v) is 5.55. The molecule has 20 heavy (non-hydrogen) atoms. The lowest BCUT2D eigenvalue weighted by molar-refractivity contribution is -0.142. The summed E-state index contributed by atoms with van der Waals surface area (Å²) >= 11 is 3.53. The lowest BCUT2D eigenvalue weighted by Gasteiger charge is -2.11. The van der Waals surface area contributed by atoms with Crippen LogP contribution in [-0.4, -0.2) is 22.9 Å². The van der Waals surface area contributed by atoms with Crippen LogP contribution in [0.2, 0.25) is 0 Å². The summed E-state index contributed by atoms with van der Waals surface area (Å²) in [6.45, 7) is 5.72. The standard InChI is InChI=1S/C15H17BrN2O2/c1-9(15(19)20-4)14-10(2)17-18(11(14)3)13-8-6-5-7-12(13)16/h5-9H,1-4H3. The predicted octanol–water partition coefficient (Wildman–Crippen LogP) is 3.53. The molecule has 1 heterocycles. The molecule has 0 saturated carbocycles. The molecule has 0 N–H and O–H groups in total. The Morgan fingerprint density at radius 2 is 2.00 bits per heavy atom. The Labute approximate surface area is 126 Å². The highest BCUT2D eigenvalue weighted by atomic mass is 79.9. The molecule has 106 valence electrons. The van der Waals surface area contributed by atoms with Crippen molar-refractivity contribution in [1.29, 1.82) is 0 Å². The van der Waals surface area contributed by atoms with Gasteiger partial charge in [0.15, 0.2) is 0 Å². The Hall–Kier alpha value is -1.62. The summed E-state index contributed by atoms with van der Waals surface area (Å²) in [6.07, 6.45) is 0. The van der Waals surface area contributed by atoms with Gasteiger partial charge in [0.1, 0.15) is 0 Å². The fourth-order valence-electron chi connectivity index (χ4n) is 2.43. The Balaban J connectivity index is 2.55. The minimum atomic E-state index is -0.323. The summed E-state index contributed by atoms with van der Waals surface area (Å²) in [5, 5.41) is 4.56. The maximum Gasteiger partial charge on any atom is 0.312 e. The number of benzene rings is 1. The van der Waals surface area contributed by atoms with Crippen LogP contribution in [0.3, 0.4) is 0 Å². The van der Waals surface area contributed by atoms with Crippen molar-refractivity contribution in [2.45, 2.75) is 26.7 Å². The van der Waals surface area contributed by atoms with Gasteiger partial charge in [-0.25, -0.2) is 4.68 Å². The number of halogens is 1. The zero-order valence-corrected chi connectivity index (χ0v) is 13.6. The summed E-state index contributed by atoms with van der Waals surface area (Å²) in [5.74, 6) is -0.570. The molecule has 2 rings (SSSR count). The maximum atomic E-state index is 11.8. The van der Waals surface area contributed by atoms with Crippen molar-refractivity contribution >= 4 is 21.9 Å². The van der Waals surface area contributed by atoms with E-state index in [2.05, 4.69) is 21.0 Å². The van der Waals surface area contributed by atoms with Crippen molar-refractivity contribution in [1.82, 2.24) is 9.78 Å². The number of hydrogen-bond donors (Lipinski definition) is 0. The van der Waals surface area contributed by atoms with Crippen LogP contribution in [-0.2, 0) is 9.53 Å². The number of rotatable bonds is 3. The van der Waals surface area contributed by atoms with Crippen molar-refractivity contribution in [2.75, 3.05) is 7.11 Å². The molecule has 5 heteroatoms. The summed E-state index contributed by atoms with van der Waals surface area (Å²) in [6, 6.07) is 7.86. The first-order chi connectivity index (χ1) is 9.47. The van der Waals surface area contributed by atoms with Gasteiger partial charge in [-0.2, -0.15) is 5.10 Å². The third kappa shape index (κ3) is 2.50. The topological polar surface area (TPSA) is 44.1 Å². The highest BCUT2D eigenvalue weighted by Gasteiger charge is 2.24. The number of hydrogen-bond acceptors (Lipinski definition) is 3. The second-order valence-electron chi connectivity index (χ2n) is 4.69. The molecule has 1 unspecified atom stereocenters. The summed E-state index contributed by atoms with van der Waals surface area (Å²) in [5.41, 5.74) is 3.67. The van der Waals surface area contributed by atoms with Crippen LogP contribution >= 0.6 is 15.9 Å². The first kappa shape index (κ1) is 14.8. The summed E-state index contributed by atoms with van der Waals surface area (Å²) in [4.78, 5) is 11.8. The summed E-state index contributed by atoms with van der Waals surface area (Å²) < 4.78 is 7.65. The first-order valence-electron chi connectivity index (χ1n) is 6.36. The van der Waals surface area contributed by atoms with E-state index in [-0.39, 0.29) is 11.9 Å². The molecular weight excluding hydrogens is 320 g/mol. The molecular formula is C15H17BrN2O2. The molecule has 0 radical (unpaired) electrons. The normalized spacial score (nSPS) is 12.2. The highest BCUT2D eigenvalue weighted by molar-refractivity contribution is 9.10. The number of aryl methyl sites for hydroxylation is 1. The highest BCUT2D eigenvalue weighted by Crippen LogP contribution is 2.28. The lowest BCUT2D eigenvalue weighted by Crippen LogP contribution is -2.12. The van der Waals surface area contributed by atoms with Gasteiger partial charge in [-0.1, -0.05) is 12.1 Å². The van der Waals surface area contributed by atoms with Crippen LogP contribution in [0.15, 0.2) is 28.7 Å². The Kier molecular flexibility index (Phi) is 4.28. The Bertz CT molecular complexity index is 649. The molecule has 0 bridgehead atoms. The quantitative estimate of drug-likeness (QED) is 0.805. The van der Waals surface area contributed by atoms with E-state index >= 15 is 0 Å². The zero-order valence-electron chi connectivity index (χ0n) is 12.0. The molecule has 4 nitrogen and oxygen atoms in total. The van der Waals surface area contributed by atoms with Crippen LogP contribution in [0.25, 0.3) is 5.69 Å². The number of aromatic nitrogens is 2. The third-order valence-corrected chi connectivity index (χ3v) is 4.09. The van der Waals surface area contributed by atoms with E-state index in [0.717, 1.165) is 27.1 Å². The number of methoxy groups -OCH3 is 1. The van der Waals surface area contributed by atoms with Gasteiger partial charge in [0.2, 0.25) is 0 Å². The van der Waals surface area contributed by atoms with Gasteiger partial charge < -0.3 is 4.74 Å². The average molecular weight is 337 g/mol. The monoisotopic (exact) mass is 336 g/mol. The minimum absolute atomic E-state index is 0.247. The molecule has 0 spiro atoms. The predicted molar refractivity (Wildman–Crippen MR) is 81.2 cm³/mol. The molecule has 0 fully saturated rings. The van der Waals surface area contributed by atoms with Gasteiger partial charge in [-0.05, 0) is 48.8 Å². The van der Waals surface area contributed by atoms with E-state index in [1.54, 1.807) is 0 Å². The van der Waals surface area contributed by atoms with E-state index < -0.39 is 0 Å². The van der Waals surface area contributed by atoms with Crippen LogP contribution in [0.1, 0.15) is 29.8 Å². The second kappa shape index (κ2) is 5.79. The Morgan fingerprint density at radius 1 is 1.35 bits per heavy atom. The van der Waals surface area contributed by atoms with Crippen molar-refractivity contribution < 1.29 is 9.53 Å². The van der Waals surface area contributed by atoms with Crippen LogP contribution in [0.5, 0.6) is 0 Å². The number of nitrogens with zero attached hydrogens (tertiary/aromatic N) is 2. The van der Waals surface area contributed by atoms with Gasteiger partial charge in [0, 0.05) is 15.7 Å². The van der Waals surface area contributed by atoms with E-state index in [1.165, 1.54) is 7.11 Å². The van der Waals surface area contributed by atoms with Gasteiger partial charge in [-0.15, -0.1) is 0 Å². The molecule has 0 aliphatic heterocycles. The fraction of sp³-hybridized carbons (Fsp3) is 0.333. The number of carbonyl (C=O) groups excluding carboxylic acids is 1. The molecule has 1 aromatic carbocycles. The van der Waals surface area contributed by atoms with Crippen molar-refractivity contribution in [2.24, 2.45) is 0 Å². The van der Waals surface area contributed by atoms with Gasteiger partial charge in [-0.3, -0.25) is 4.79 Å². The van der Waals surface area contributed by atoms with Crippen LogP contribution in [0.4, 0.5) is 0 Å². The molecule has 2 aromatic rings. The van der Waals surface area contributed by atoms with Crippen LogP contribution in [0, 0.1) is 13.8 Å². The smallest absolute Gasteiger partial charge is 0.312 e. The molecule has 0 amide bonds. The third-order valence-electron chi connectivity index (χ3n) is 3.42. The van der Waals surface area contributed by atoms with Gasteiger partial charge >= 0.3 is 5.97 Å². The van der Waals surface area contributed by atoms with Crippen molar-refractivity contribution in [3.63, 3.8) is 0 Å². The zero-order chi connectivity index (χ0) is 14.9. The minimum Gasteiger partial charge on any atom is -0.469 e. The number of esters is 1.